The molecule has 1 aromatic carbocycles. The maximum atomic E-state index is 12.0. The first-order chi connectivity index (χ1) is 18.4. The monoisotopic (exact) mass is 531 g/mol. The first-order valence-corrected chi connectivity index (χ1v) is 15.7. The van der Waals surface area contributed by atoms with Gasteiger partial charge < -0.3 is 10.5 Å². The van der Waals surface area contributed by atoms with Crippen LogP contribution in [0.3, 0.4) is 0 Å². The summed E-state index contributed by atoms with van der Waals surface area (Å²) >= 11 is 0. The molecule has 1 aromatic rings. The van der Waals surface area contributed by atoms with Crippen molar-refractivity contribution >= 4 is 11.5 Å². The molecule has 0 bridgehead atoms. The van der Waals surface area contributed by atoms with E-state index in [0.29, 0.717) is 40.6 Å². The molecule has 0 heterocycles. The van der Waals surface area contributed by atoms with Crippen molar-refractivity contribution in [3.63, 3.8) is 0 Å². The maximum Gasteiger partial charge on any atom is 0.337 e. The van der Waals surface area contributed by atoms with Gasteiger partial charge in [-0.2, -0.15) is 0 Å². The summed E-state index contributed by atoms with van der Waals surface area (Å²) in [5, 5.41) is 0. The lowest BCUT2D eigenvalue weighted by Gasteiger charge is -2.64. The molecule has 0 aromatic heterocycles. The number of ether oxygens (including phenoxy) is 1. The Balaban J connectivity index is 1.47. The van der Waals surface area contributed by atoms with Crippen LogP contribution < -0.4 is 5.73 Å². The van der Waals surface area contributed by atoms with Gasteiger partial charge >= 0.3 is 5.97 Å². The van der Waals surface area contributed by atoms with E-state index < -0.39 is 0 Å². The summed E-state index contributed by atoms with van der Waals surface area (Å²) in [5.41, 5.74) is 11.2. The van der Waals surface area contributed by atoms with Gasteiger partial charge in [-0.25, -0.2) is 4.79 Å². The van der Waals surface area contributed by atoms with E-state index in [9.17, 15) is 4.79 Å². The number of rotatable bonds is 3. The molecule has 0 amide bonds. The topological polar surface area (TPSA) is 52.3 Å². The molecule has 3 nitrogen and oxygen atoms in total. The zero-order chi connectivity index (χ0) is 28.2. The van der Waals surface area contributed by atoms with Crippen LogP contribution in [-0.4, -0.2) is 18.6 Å². The highest BCUT2D eigenvalue weighted by Gasteiger charge is 2.60. The molecule has 3 saturated carbocycles. The van der Waals surface area contributed by atoms with E-state index in [0.717, 1.165) is 6.42 Å². The number of esters is 1. The average molecular weight is 532 g/mol. The van der Waals surface area contributed by atoms with Crippen molar-refractivity contribution in [3.8, 4) is 0 Å². The molecule has 0 saturated heterocycles. The van der Waals surface area contributed by atoms with Gasteiger partial charge in [0, 0.05) is 5.54 Å². The number of hydrogen-bond donors (Lipinski definition) is 1. The normalized spacial score (nSPS) is 41.8. The van der Waals surface area contributed by atoms with Crippen LogP contribution in [0.5, 0.6) is 0 Å². The Kier molecular flexibility index (Phi) is 7.49. The van der Waals surface area contributed by atoms with Crippen LogP contribution in [0.1, 0.15) is 115 Å². The number of carbonyl (C=O) groups is 1. The molecule has 3 heteroatoms. The van der Waals surface area contributed by atoms with Crippen molar-refractivity contribution in [2.75, 3.05) is 7.11 Å². The summed E-state index contributed by atoms with van der Waals surface area (Å²) in [4.78, 5) is 12.0. The Morgan fingerprint density at radius 2 is 1.64 bits per heavy atom. The van der Waals surface area contributed by atoms with E-state index in [1.54, 1.807) is 0 Å². The van der Waals surface area contributed by atoms with Crippen LogP contribution in [0, 0.1) is 45.8 Å². The van der Waals surface area contributed by atoms with E-state index in [1.807, 2.05) is 12.1 Å². The van der Waals surface area contributed by atoms with Crippen LogP contribution in [0.2, 0.25) is 0 Å². The van der Waals surface area contributed by atoms with Gasteiger partial charge in [0.2, 0.25) is 0 Å². The van der Waals surface area contributed by atoms with Gasteiger partial charge in [0.15, 0.2) is 0 Å². The second-order valence-corrected chi connectivity index (χ2v) is 14.9. The SMILES string of the molecule is C=CC1CCC2(N)CCC(C)C3(C)CCC4C(C)(C)C(c5ccc(C(=O)OC)cc5)=CCC4(C)C3CCCC12. The minimum Gasteiger partial charge on any atom is -0.465 e. The molecule has 4 aliphatic carbocycles. The average Bonchev–Trinajstić information content (AvgIpc) is 3.23. The predicted octanol–water partition coefficient (Wildman–Crippen LogP) is 8.84. The minimum atomic E-state index is -0.272. The van der Waals surface area contributed by atoms with Gasteiger partial charge in [-0.15, -0.1) is 6.58 Å². The molecular weight excluding hydrogens is 478 g/mol. The van der Waals surface area contributed by atoms with E-state index in [4.69, 9.17) is 10.5 Å². The second kappa shape index (κ2) is 10.2. The lowest BCUT2D eigenvalue weighted by atomic mass is 9.40. The molecule has 214 valence electrons. The molecule has 0 spiro atoms. The Hall–Kier alpha value is -1.87. The second-order valence-electron chi connectivity index (χ2n) is 14.9. The molecule has 0 aliphatic heterocycles. The first kappa shape index (κ1) is 28.7. The minimum absolute atomic E-state index is 0.00526. The van der Waals surface area contributed by atoms with Crippen molar-refractivity contribution in [2.24, 2.45) is 51.6 Å². The molecule has 39 heavy (non-hydrogen) atoms. The standard InChI is InChI=1S/C36H53NO2/c1-8-25-17-23-36(37)22-16-24(2)34(5)21-19-30-33(3,4)28(26-12-14-27(15-13-26)32(38)39-7)18-20-35(30,6)31(34)11-9-10-29(25)36/h8,12-15,18,24-25,29-31H,1,9-11,16-17,19-23,37H2,2-7H3. The van der Waals surface area contributed by atoms with E-state index in [-0.39, 0.29) is 22.3 Å². The van der Waals surface area contributed by atoms with E-state index in [2.05, 4.69) is 65.5 Å². The molecular formula is C36H53NO2. The Morgan fingerprint density at radius 1 is 0.949 bits per heavy atom. The van der Waals surface area contributed by atoms with E-state index in [1.165, 1.54) is 76.0 Å². The van der Waals surface area contributed by atoms with Crippen LogP contribution in [0.4, 0.5) is 0 Å². The van der Waals surface area contributed by atoms with Crippen molar-refractivity contribution < 1.29 is 9.53 Å². The van der Waals surface area contributed by atoms with Crippen molar-refractivity contribution in [2.45, 2.75) is 104 Å². The lowest BCUT2D eigenvalue weighted by molar-refractivity contribution is -0.120. The summed E-state index contributed by atoms with van der Waals surface area (Å²) in [6.07, 6.45) is 17.2. The van der Waals surface area contributed by atoms with Gasteiger partial charge in [0.25, 0.3) is 0 Å². The summed E-state index contributed by atoms with van der Waals surface area (Å²) in [5.74, 6) is 2.95. The molecule has 0 radical (unpaired) electrons. The van der Waals surface area contributed by atoms with E-state index >= 15 is 0 Å². The molecule has 8 unspecified atom stereocenters. The van der Waals surface area contributed by atoms with Gasteiger partial charge in [-0.1, -0.05) is 65.3 Å². The largest absolute Gasteiger partial charge is 0.465 e. The summed E-state index contributed by atoms with van der Waals surface area (Å²) in [6.45, 7) is 17.0. The zero-order valence-corrected chi connectivity index (χ0v) is 25.5. The Morgan fingerprint density at radius 3 is 2.31 bits per heavy atom. The molecule has 2 N–H and O–H groups in total. The fourth-order valence-electron chi connectivity index (χ4n) is 10.5. The van der Waals surface area contributed by atoms with Crippen molar-refractivity contribution in [1.82, 2.24) is 0 Å². The predicted molar refractivity (Wildman–Crippen MR) is 162 cm³/mol. The number of fused-ring (bicyclic) bond motifs is 4. The number of allylic oxidation sites excluding steroid dienone is 3. The smallest absolute Gasteiger partial charge is 0.337 e. The highest BCUT2D eigenvalue weighted by atomic mass is 16.5. The number of nitrogens with two attached hydrogens (primary N) is 1. The number of methoxy groups -OCH3 is 1. The van der Waals surface area contributed by atoms with Crippen LogP contribution in [0.25, 0.3) is 5.57 Å². The van der Waals surface area contributed by atoms with Crippen LogP contribution >= 0.6 is 0 Å². The summed E-state index contributed by atoms with van der Waals surface area (Å²) in [6, 6.07) is 8.09. The molecule has 3 fully saturated rings. The van der Waals surface area contributed by atoms with Crippen LogP contribution in [-0.2, 0) is 4.74 Å². The summed E-state index contributed by atoms with van der Waals surface area (Å²) in [7, 11) is 1.44. The van der Waals surface area contributed by atoms with Crippen molar-refractivity contribution in [3.05, 3.63) is 54.1 Å². The third kappa shape index (κ3) is 4.55. The molecule has 8 atom stereocenters. The zero-order valence-electron chi connectivity index (χ0n) is 25.5. The lowest BCUT2D eigenvalue weighted by Crippen LogP contribution is -2.56. The third-order valence-corrected chi connectivity index (χ3v) is 13.0. The summed E-state index contributed by atoms with van der Waals surface area (Å²) < 4.78 is 4.93. The van der Waals surface area contributed by atoms with Crippen LogP contribution in [0.15, 0.2) is 43.0 Å². The quantitative estimate of drug-likeness (QED) is 0.313. The highest BCUT2D eigenvalue weighted by Crippen LogP contribution is 2.68. The van der Waals surface area contributed by atoms with Gasteiger partial charge in [-0.05, 0) is 127 Å². The third-order valence-electron chi connectivity index (χ3n) is 13.0. The number of benzene rings is 1. The fourth-order valence-corrected chi connectivity index (χ4v) is 10.5. The molecule has 4 aliphatic rings. The number of hydrogen-bond acceptors (Lipinski definition) is 3. The molecule has 5 rings (SSSR count). The Bertz CT molecular complexity index is 1120. The van der Waals surface area contributed by atoms with Gasteiger partial charge in [0.05, 0.1) is 12.7 Å². The fraction of sp³-hybridized carbons (Fsp3) is 0.694. The maximum absolute atomic E-state index is 12.0. The number of carbonyl (C=O) groups excluding carboxylic acids is 1. The first-order valence-electron chi connectivity index (χ1n) is 15.7. The van der Waals surface area contributed by atoms with Gasteiger partial charge in [0.1, 0.15) is 0 Å². The van der Waals surface area contributed by atoms with Gasteiger partial charge in [-0.3, -0.25) is 0 Å². The Labute approximate surface area is 238 Å². The highest BCUT2D eigenvalue weighted by molar-refractivity contribution is 5.89. The van der Waals surface area contributed by atoms with Crippen molar-refractivity contribution in [1.29, 1.82) is 0 Å².